The standard InChI is InChI=1S/C14H21N3O3/c1-14(2,3)17-8-10(7-15-17)12(18)16-11-5-4-9(6-11)13(19)20/h7-9,11H,4-6H2,1-3H3,(H,16,18)(H,19,20)/t9-,11+/m1/s1. The topological polar surface area (TPSA) is 84.2 Å². The lowest BCUT2D eigenvalue weighted by Crippen LogP contribution is -2.33. The number of amides is 1. The predicted molar refractivity (Wildman–Crippen MR) is 73.5 cm³/mol. The van der Waals surface area contributed by atoms with Crippen molar-refractivity contribution >= 4 is 11.9 Å². The van der Waals surface area contributed by atoms with Gasteiger partial charge in [-0.3, -0.25) is 14.3 Å². The molecule has 0 aromatic carbocycles. The van der Waals surface area contributed by atoms with Crippen molar-refractivity contribution in [3.05, 3.63) is 18.0 Å². The van der Waals surface area contributed by atoms with Crippen LogP contribution in [0.25, 0.3) is 0 Å². The molecule has 1 aliphatic carbocycles. The van der Waals surface area contributed by atoms with E-state index in [0.717, 1.165) is 6.42 Å². The average molecular weight is 279 g/mol. The maximum absolute atomic E-state index is 12.1. The van der Waals surface area contributed by atoms with Crippen LogP contribution < -0.4 is 5.32 Å². The second kappa shape index (κ2) is 5.26. The van der Waals surface area contributed by atoms with Crippen molar-refractivity contribution in [3.63, 3.8) is 0 Å². The summed E-state index contributed by atoms with van der Waals surface area (Å²) in [4.78, 5) is 23.0. The SMILES string of the molecule is CC(C)(C)n1cc(C(=O)N[C@H]2CC[C@@H](C(=O)O)C2)cn1. The lowest BCUT2D eigenvalue weighted by Gasteiger charge is -2.18. The van der Waals surface area contributed by atoms with Crippen molar-refractivity contribution in [2.75, 3.05) is 0 Å². The number of nitrogens with one attached hydrogen (secondary N) is 1. The summed E-state index contributed by atoms with van der Waals surface area (Å²) in [6, 6.07) is -0.0541. The van der Waals surface area contributed by atoms with Crippen molar-refractivity contribution in [1.82, 2.24) is 15.1 Å². The largest absolute Gasteiger partial charge is 0.481 e. The van der Waals surface area contributed by atoms with E-state index in [2.05, 4.69) is 10.4 Å². The summed E-state index contributed by atoms with van der Waals surface area (Å²) in [5, 5.41) is 16.0. The van der Waals surface area contributed by atoms with E-state index in [-0.39, 0.29) is 23.4 Å². The number of carboxylic acids is 1. The molecule has 0 aliphatic heterocycles. The molecule has 6 heteroatoms. The summed E-state index contributed by atoms with van der Waals surface area (Å²) in [6.07, 6.45) is 5.12. The Morgan fingerprint density at radius 1 is 1.40 bits per heavy atom. The van der Waals surface area contributed by atoms with E-state index in [0.29, 0.717) is 18.4 Å². The van der Waals surface area contributed by atoms with Crippen molar-refractivity contribution in [2.45, 2.75) is 51.6 Å². The number of rotatable bonds is 3. The molecule has 1 aromatic rings. The fourth-order valence-electron chi connectivity index (χ4n) is 2.41. The highest BCUT2D eigenvalue weighted by Gasteiger charge is 2.31. The number of aliphatic carboxylic acids is 1. The number of carboxylic acid groups (broad SMARTS) is 1. The molecule has 1 saturated carbocycles. The van der Waals surface area contributed by atoms with E-state index in [1.807, 2.05) is 20.8 Å². The number of carbonyl (C=O) groups is 2. The molecule has 1 aliphatic rings. The molecule has 20 heavy (non-hydrogen) atoms. The third-order valence-electron chi connectivity index (χ3n) is 3.65. The average Bonchev–Trinajstić information content (AvgIpc) is 2.95. The molecule has 1 heterocycles. The molecule has 0 spiro atoms. The first-order valence-electron chi connectivity index (χ1n) is 6.86. The van der Waals surface area contributed by atoms with Gasteiger partial charge < -0.3 is 10.4 Å². The smallest absolute Gasteiger partial charge is 0.306 e. The van der Waals surface area contributed by atoms with Crippen LogP contribution in [-0.2, 0) is 10.3 Å². The summed E-state index contributed by atoms with van der Waals surface area (Å²) in [5.41, 5.74) is 0.346. The van der Waals surface area contributed by atoms with Crippen LogP contribution in [0.3, 0.4) is 0 Å². The number of hydrogen-bond donors (Lipinski definition) is 2. The number of carbonyl (C=O) groups excluding carboxylic acids is 1. The van der Waals surface area contributed by atoms with Gasteiger partial charge in [0.25, 0.3) is 5.91 Å². The monoisotopic (exact) mass is 279 g/mol. The summed E-state index contributed by atoms with van der Waals surface area (Å²) in [6.45, 7) is 6.03. The van der Waals surface area contributed by atoms with Gasteiger partial charge >= 0.3 is 5.97 Å². The highest BCUT2D eigenvalue weighted by Crippen LogP contribution is 2.26. The fourth-order valence-corrected chi connectivity index (χ4v) is 2.41. The van der Waals surface area contributed by atoms with Gasteiger partial charge in [0.1, 0.15) is 0 Å². The van der Waals surface area contributed by atoms with E-state index in [4.69, 9.17) is 5.11 Å². The van der Waals surface area contributed by atoms with Crippen LogP contribution >= 0.6 is 0 Å². The Bertz CT molecular complexity index is 516. The van der Waals surface area contributed by atoms with Crippen LogP contribution in [0.1, 0.15) is 50.4 Å². The highest BCUT2D eigenvalue weighted by molar-refractivity contribution is 5.94. The van der Waals surface area contributed by atoms with E-state index >= 15 is 0 Å². The molecule has 2 atom stereocenters. The maximum Gasteiger partial charge on any atom is 0.306 e. The van der Waals surface area contributed by atoms with Gasteiger partial charge in [0.05, 0.1) is 23.2 Å². The quantitative estimate of drug-likeness (QED) is 0.880. The van der Waals surface area contributed by atoms with Crippen LogP contribution in [0, 0.1) is 5.92 Å². The van der Waals surface area contributed by atoms with Crippen LogP contribution in [-0.4, -0.2) is 32.8 Å². The molecule has 1 amide bonds. The van der Waals surface area contributed by atoms with Crippen molar-refractivity contribution in [2.24, 2.45) is 5.92 Å². The van der Waals surface area contributed by atoms with E-state index in [9.17, 15) is 9.59 Å². The Morgan fingerprint density at radius 2 is 2.10 bits per heavy atom. The molecule has 6 nitrogen and oxygen atoms in total. The summed E-state index contributed by atoms with van der Waals surface area (Å²) >= 11 is 0. The van der Waals surface area contributed by atoms with Crippen LogP contribution in [0.15, 0.2) is 12.4 Å². The van der Waals surface area contributed by atoms with Gasteiger partial charge in [-0.2, -0.15) is 5.10 Å². The molecule has 0 radical (unpaired) electrons. The molecule has 2 N–H and O–H groups in total. The van der Waals surface area contributed by atoms with Gasteiger partial charge in [-0.1, -0.05) is 0 Å². The van der Waals surface area contributed by atoms with E-state index < -0.39 is 5.97 Å². The highest BCUT2D eigenvalue weighted by atomic mass is 16.4. The van der Waals surface area contributed by atoms with Crippen LogP contribution in [0.5, 0.6) is 0 Å². The zero-order chi connectivity index (χ0) is 14.9. The first-order valence-corrected chi connectivity index (χ1v) is 6.86. The third-order valence-corrected chi connectivity index (χ3v) is 3.65. The maximum atomic E-state index is 12.1. The van der Waals surface area contributed by atoms with Gasteiger partial charge in [-0.15, -0.1) is 0 Å². The minimum absolute atomic E-state index is 0.0541. The van der Waals surface area contributed by atoms with Crippen molar-refractivity contribution in [3.8, 4) is 0 Å². The van der Waals surface area contributed by atoms with Crippen molar-refractivity contribution in [1.29, 1.82) is 0 Å². The third kappa shape index (κ3) is 3.18. The van der Waals surface area contributed by atoms with Gasteiger partial charge in [-0.05, 0) is 40.0 Å². The second-order valence-electron chi connectivity index (χ2n) is 6.36. The minimum atomic E-state index is -0.776. The molecule has 0 bridgehead atoms. The van der Waals surface area contributed by atoms with Gasteiger partial charge in [-0.25, -0.2) is 0 Å². The second-order valence-corrected chi connectivity index (χ2v) is 6.36. The van der Waals surface area contributed by atoms with Gasteiger partial charge in [0, 0.05) is 12.2 Å². The number of aromatic nitrogens is 2. The Labute approximate surface area is 118 Å². The Morgan fingerprint density at radius 3 is 2.60 bits per heavy atom. The molecule has 1 aromatic heterocycles. The molecule has 0 unspecified atom stereocenters. The van der Waals surface area contributed by atoms with E-state index in [1.54, 1.807) is 17.1 Å². The summed E-state index contributed by atoms with van der Waals surface area (Å²) < 4.78 is 1.75. The summed E-state index contributed by atoms with van der Waals surface area (Å²) in [7, 11) is 0. The molecule has 1 fully saturated rings. The number of nitrogens with zero attached hydrogens (tertiary/aromatic N) is 2. The molecule has 0 saturated heterocycles. The zero-order valence-corrected chi connectivity index (χ0v) is 12.1. The first-order chi connectivity index (χ1) is 9.27. The summed E-state index contributed by atoms with van der Waals surface area (Å²) in [5.74, 6) is -1.29. The van der Waals surface area contributed by atoms with Crippen LogP contribution in [0.2, 0.25) is 0 Å². The molecular weight excluding hydrogens is 258 g/mol. The zero-order valence-electron chi connectivity index (χ0n) is 12.1. The van der Waals surface area contributed by atoms with Gasteiger partial charge in [0.2, 0.25) is 0 Å². The first kappa shape index (κ1) is 14.6. The normalized spacial score (nSPS) is 22.8. The molecular formula is C14H21N3O3. The Balaban J connectivity index is 1.96. The number of hydrogen-bond acceptors (Lipinski definition) is 3. The van der Waals surface area contributed by atoms with Crippen LogP contribution in [0.4, 0.5) is 0 Å². The lowest BCUT2D eigenvalue weighted by atomic mass is 10.1. The van der Waals surface area contributed by atoms with E-state index in [1.165, 1.54) is 0 Å². The Hall–Kier alpha value is -1.85. The minimum Gasteiger partial charge on any atom is -0.481 e. The molecule has 2 rings (SSSR count). The fraction of sp³-hybridized carbons (Fsp3) is 0.643. The predicted octanol–water partition coefficient (Wildman–Crippen LogP) is 1.62. The van der Waals surface area contributed by atoms with Crippen molar-refractivity contribution < 1.29 is 14.7 Å². The Kier molecular flexibility index (Phi) is 3.83. The lowest BCUT2D eigenvalue weighted by molar-refractivity contribution is -0.141. The molecule has 110 valence electrons. The van der Waals surface area contributed by atoms with Gasteiger partial charge in [0.15, 0.2) is 0 Å².